The van der Waals surface area contributed by atoms with Gasteiger partial charge in [0.05, 0.1) is 0 Å². The van der Waals surface area contributed by atoms with Crippen LogP contribution in [0.25, 0.3) is 0 Å². The van der Waals surface area contributed by atoms with E-state index in [1.54, 1.807) is 17.2 Å². The molecule has 1 N–H and O–H groups in total. The quantitative estimate of drug-likeness (QED) is 0.785. The minimum atomic E-state index is -0.148. The van der Waals surface area contributed by atoms with E-state index in [1.807, 2.05) is 25.3 Å². The van der Waals surface area contributed by atoms with Gasteiger partial charge in [-0.05, 0) is 47.8 Å². The van der Waals surface area contributed by atoms with E-state index in [0.29, 0.717) is 18.8 Å². The van der Waals surface area contributed by atoms with Gasteiger partial charge in [-0.15, -0.1) is 0 Å². The smallest absolute Gasteiger partial charge is 0.316 e. The standard InChI is InChI=1S/C20H25N3O/c1-5-6-7-15(2)16(3)8-9-17(4)22-20(24)23-13-18-10-11-21-12-19(18)14-23/h7-12H,3-6,13-14H2,1-2H3,(H,22,24)/b9-8-,15-7+. The molecule has 1 aliphatic rings. The molecule has 126 valence electrons. The highest BCUT2D eigenvalue weighted by Crippen LogP contribution is 2.21. The second kappa shape index (κ2) is 8.29. The highest BCUT2D eigenvalue weighted by atomic mass is 16.2. The van der Waals surface area contributed by atoms with Crippen LogP contribution in [0.5, 0.6) is 0 Å². The Kier molecular flexibility index (Phi) is 6.13. The van der Waals surface area contributed by atoms with Gasteiger partial charge in [-0.25, -0.2) is 4.79 Å². The number of rotatable bonds is 6. The number of fused-ring (bicyclic) bond motifs is 1. The maximum atomic E-state index is 12.3. The summed E-state index contributed by atoms with van der Waals surface area (Å²) in [6.07, 6.45) is 11.6. The second-order valence-corrected chi connectivity index (χ2v) is 5.99. The van der Waals surface area contributed by atoms with Gasteiger partial charge < -0.3 is 10.2 Å². The summed E-state index contributed by atoms with van der Waals surface area (Å²) >= 11 is 0. The number of aromatic nitrogens is 1. The molecule has 1 aromatic heterocycles. The lowest BCUT2D eigenvalue weighted by Crippen LogP contribution is -2.35. The molecule has 1 aliphatic heterocycles. The molecular weight excluding hydrogens is 298 g/mol. The van der Waals surface area contributed by atoms with Crippen molar-refractivity contribution in [1.29, 1.82) is 0 Å². The number of carbonyl (C=O) groups is 1. The Labute approximate surface area is 144 Å². The molecule has 0 aliphatic carbocycles. The summed E-state index contributed by atoms with van der Waals surface area (Å²) in [6, 6.07) is 1.80. The van der Waals surface area contributed by atoms with Crippen LogP contribution in [0.15, 0.2) is 66.7 Å². The van der Waals surface area contributed by atoms with Gasteiger partial charge in [-0.2, -0.15) is 0 Å². The van der Waals surface area contributed by atoms with E-state index in [-0.39, 0.29) is 6.03 Å². The van der Waals surface area contributed by atoms with Crippen molar-refractivity contribution >= 4 is 6.03 Å². The molecule has 0 saturated heterocycles. The molecule has 4 nitrogen and oxygen atoms in total. The van der Waals surface area contributed by atoms with Crippen LogP contribution in [0.1, 0.15) is 37.8 Å². The van der Waals surface area contributed by atoms with E-state index in [1.165, 1.54) is 0 Å². The van der Waals surface area contributed by atoms with Crippen molar-refractivity contribution in [2.24, 2.45) is 0 Å². The number of urea groups is 1. The summed E-state index contributed by atoms with van der Waals surface area (Å²) < 4.78 is 0. The minimum Gasteiger partial charge on any atom is -0.316 e. The molecule has 1 aromatic rings. The third-order valence-corrected chi connectivity index (χ3v) is 4.01. The fraction of sp³-hybridized carbons (Fsp3) is 0.300. The van der Waals surface area contributed by atoms with Crippen molar-refractivity contribution in [3.05, 3.63) is 77.8 Å². The Morgan fingerprint density at radius 2 is 2.08 bits per heavy atom. The van der Waals surface area contributed by atoms with Crippen molar-refractivity contribution in [3.63, 3.8) is 0 Å². The average molecular weight is 323 g/mol. The van der Waals surface area contributed by atoms with Crippen molar-refractivity contribution in [3.8, 4) is 0 Å². The zero-order chi connectivity index (χ0) is 17.5. The summed E-state index contributed by atoms with van der Waals surface area (Å²) in [4.78, 5) is 18.1. The van der Waals surface area contributed by atoms with Crippen molar-refractivity contribution in [2.45, 2.75) is 39.8 Å². The van der Waals surface area contributed by atoms with Crippen LogP contribution in [0, 0.1) is 0 Å². The largest absolute Gasteiger partial charge is 0.322 e. The molecule has 0 aromatic carbocycles. The molecule has 0 fully saturated rings. The number of hydrogen-bond donors (Lipinski definition) is 1. The van der Waals surface area contributed by atoms with Gasteiger partial charge in [-0.1, -0.05) is 38.7 Å². The Hall–Kier alpha value is -2.62. The summed E-state index contributed by atoms with van der Waals surface area (Å²) in [5.41, 5.74) is 4.87. The molecule has 0 bridgehead atoms. The van der Waals surface area contributed by atoms with E-state index < -0.39 is 0 Å². The number of pyridine rings is 1. The molecule has 2 heterocycles. The van der Waals surface area contributed by atoms with Crippen LogP contribution in [-0.4, -0.2) is 15.9 Å². The Bertz CT molecular complexity index is 676. The number of nitrogens with zero attached hydrogens (tertiary/aromatic N) is 2. The zero-order valence-electron chi connectivity index (χ0n) is 14.5. The Balaban J connectivity index is 1.86. The van der Waals surface area contributed by atoms with Gasteiger partial charge in [-0.3, -0.25) is 4.98 Å². The maximum absolute atomic E-state index is 12.3. The monoisotopic (exact) mass is 323 g/mol. The first-order chi connectivity index (χ1) is 11.5. The van der Waals surface area contributed by atoms with Gasteiger partial charge in [0.2, 0.25) is 0 Å². The predicted molar refractivity (Wildman–Crippen MR) is 98.1 cm³/mol. The zero-order valence-corrected chi connectivity index (χ0v) is 14.5. The van der Waals surface area contributed by atoms with Crippen LogP contribution in [-0.2, 0) is 13.1 Å². The first-order valence-electron chi connectivity index (χ1n) is 8.22. The molecule has 4 heteroatoms. The molecule has 2 rings (SSSR count). The second-order valence-electron chi connectivity index (χ2n) is 5.99. The first-order valence-corrected chi connectivity index (χ1v) is 8.22. The van der Waals surface area contributed by atoms with Crippen LogP contribution >= 0.6 is 0 Å². The third-order valence-electron chi connectivity index (χ3n) is 4.01. The third kappa shape index (κ3) is 4.69. The summed E-state index contributed by atoms with van der Waals surface area (Å²) in [5.74, 6) is 0. The summed E-state index contributed by atoms with van der Waals surface area (Å²) in [7, 11) is 0. The molecule has 2 amide bonds. The highest BCUT2D eigenvalue weighted by Gasteiger charge is 2.23. The number of carbonyl (C=O) groups excluding carboxylic acids is 1. The molecule has 24 heavy (non-hydrogen) atoms. The summed E-state index contributed by atoms with van der Waals surface area (Å²) in [5, 5.41) is 2.82. The molecule has 0 radical (unpaired) electrons. The van der Waals surface area contributed by atoms with E-state index in [9.17, 15) is 4.79 Å². The van der Waals surface area contributed by atoms with Crippen molar-refractivity contribution in [1.82, 2.24) is 15.2 Å². The minimum absolute atomic E-state index is 0.148. The molecule has 0 saturated carbocycles. The van der Waals surface area contributed by atoms with Gasteiger partial charge in [0, 0.05) is 31.2 Å². The van der Waals surface area contributed by atoms with Gasteiger partial charge in [0.25, 0.3) is 0 Å². The molecule has 0 atom stereocenters. The fourth-order valence-corrected chi connectivity index (χ4v) is 2.45. The maximum Gasteiger partial charge on any atom is 0.322 e. The predicted octanol–water partition coefficient (Wildman–Crippen LogP) is 4.48. The number of hydrogen-bond acceptors (Lipinski definition) is 2. The van der Waals surface area contributed by atoms with Crippen LogP contribution in [0.3, 0.4) is 0 Å². The van der Waals surface area contributed by atoms with E-state index in [0.717, 1.165) is 35.1 Å². The van der Waals surface area contributed by atoms with Gasteiger partial charge in [0.1, 0.15) is 0 Å². The van der Waals surface area contributed by atoms with Crippen LogP contribution in [0.4, 0.5) is 4.79 Å². The normalized spacial score (nSPS) is 13.9. The molecular formula is C20H25N3O. The molecule has 0 unspecified atom stereocenters. The van der Waals surface area contributed by atoms with E-state index in [4.69, 9.17) is 0 Å². The van der Waals surface area contributed by atoms with Gasteiger partial charge >= 0.3 is 6.03 Å². The van der Waals surface area contributed by atoms with Gasteiger partial charge in [0.15, 0.2) is 0 Å². The number of amides is 2. The number of nitrogens with one attached hydrogen (secondary N) is 1. The van der Waals surface area contributed by atoms with Crippen molar-refractivity contribution in [2.75, 3.05) is 0 Å². The number of allylic oxidation sites excluding steroid dienone is 5. The lowest BCUT2D eigenvalue weighted by atomic mass is 10.1. The topological polar surface area (TPSA) is 45.2 Å². The lowest BCUT2D eigenvalue weighted by Gasteiger charge is -2.16. The number of unbranched alkanes of at least 4 members (excludes halogenated alkanes) is 1. The fourth-order valence-electron chi connectivity index (χ4n) is 2.45. The molecule has 0 spiro atoms. The average Bonchev–Trinajstić information content (AvgIpc) is 3.01. The first kappa shape index (κ1) is 17.7. The lowest BCUT2D eigenvalue weighted by molar-refractivity contribution is 0.201. The Morgan fingerprint density at radius 3 is 2.79 bits per heavy atom. The van der Waals surface area contributed by atoms with Crippen LogP contribution in [0.2, 0.25) is 0 Å². The Morgan fingerprint density at radius 1 is 1.33 bits per heavy atom. The van der Waals surface area contributed by atoms with Crippen LogP contribution < -0.4 is 5.32 Å². The summed E-state index contributed by atoms with van der Waals surface area (Å²) in [6.45, 7) is 13.3. The van der Waals surface area contributed by atoms with E-state index >= 15 is 0 Å². The SMILES string of the molecule is C=C(/C=C\C(=C)/C(C)=C/CCC)NC(=O)N1Cc2ccncc2C1. The highest BCUT2D eigenvalue weighted by molar-refractivity contribution is 5.77. The van der Waals surface area contributed by atoms with E-state index in [2.05, 4.69) is 36.5 Å². The van der Waals surface area contributed by atoms with Crippen molar-refractivity contribution < 1.29 is 4.79 Å².